The van der Waals surface area contributed by atoms with Gasteiger partial charge in [-0.25, -0.2) is 0 Å². The normalized spacial score (nSPS) is 21.4. The molecule has 0 saturated carbocycles. The molecule has 0 aliphatic carbocycles. The van der Waals surface area contributed by atoms with E-state index in [4.69, 9.17) is 9.84 Å². The van der Waals surface area contributed by atoms with Gasteiger partial charge in [-0.2, -0.15) is 16.9 Å². The first kappa shape index (κ1) is 16.5. The molecule has 3 nitrogen and oxygen atoms in total. The summed E-state index contributed by atoms with van der Waals surface area (Å²) in [6.07, 6.45) is 5.17. The molecule has 0 N–H and O–H groups in total. The monoisotopic (exact) mass is 352 g/mol. The SMILES string of the molecule is CCc1ccc(C2=NN3[C@H](CCSC)Oc4ccccc4[C@H]3C2)cc1. The molecule has 2 aromatic carbocycles. The van der Waals surface area contributed by atoms with Crippen molar-refractivity contribution in [3.05, 3.63) is 65.2 Å². The molecular weight excluding hydrogens is 328 g/mol. The standard InChI is InChI=1S/C21H24N2OS/c1-3-15-8-10-16(11-9-15)18-14-19-17-6-4-5-7-20(17)24-21(12-13-25-2)23(19)22-18/h4-11,19,21H,3,12-14H2,1-2H3/t19-,21+/m1/s1. The largest absolute Gasteiger partial charge is 0.469 e. The van der Waals surface area contributed by atoms with E-state index in [1.165, 1.54) is 22.4 Å². The van der Waals surface area contributed by atoms with Crippen LogP contribution in [0.4, 0.5) is 0 Å². The fraction of sp³-hybridized carbons (Fsp3) is 0.381. The number of hydrogen-bond donors (Lipinski definition) is 0. The topological polar surface area (TPSA) is 24.8 Å². The zero-order valence-corrected chi connectivity index (χ0v) is 15.6. The second-order valence-electron chi connectivity index (χ2n) is 6.59. The second-order valence-corrected chi connectivity index (χ2v) is 7.57. The van der Waals surface area contributed by atoms with Gasteiger partial charge in [0, 0.05) is 18.4 Å². The Balaban J connectivity index is 1.65. The lowest BCUT2D eigenvalue weighted by atomic mass is 9.96. The van der Waals surface area contributed by atoms with Crippen LogP contribution in [0, 0.1) is 0 Å². The van der Waals surface area contributed by atoms with E-state index in [1.807, 2.05) is 11.8 Å². The Morgan fingerprint density at radius 2 is 1.96 bits per heavy atom. The van der Waals surface area contributed by atoms with Crippen LogP contribution in [0.1, 0.15) is 42.5 Å². The van der Waals surface area contributed by atoms with Crippen LogP contribution in [-0.2, 0) is 6.42 Å². The number of para-hydroxylation sites is 1. The Morgan fingerprint density at radius 1 is 1.16 bits per heavy atom. The van der Waals surface area contributed by atoms with Crippen molar-refractivity contribution in [1.29, 1.82) is 0 Å². The van der Waals surface area contributed by atoms with Crippen LogP contribution in [-0.4, -0.2) is 29.0 Å². The molecule has 0 unspecified atom stereocenters. The van der Waals surface area contributed by atoms with Crippen LogP contribution in [0.15, 0.2) is 53.6 Å². The summed E-state index contributed by atoms with van der Waals surface area (Å²) in [5.41, 5.74) is 5.02. The number of thioether (sulfide) groups is 1. The van der Waals surface area contributed by atoms with Crippen LogP contribution in [0.5, 0.6) is 5.75 Å². The number of rotatable bonds is 5. The minimum Gasteiger partial charge on any atom is -0.469 e. The van der Waals surface area contributed by atoms with E-state index < -0.39 is 0 Å². The minimum atomic E-state index is 0.0276. The average Bonchev–Trinajstić information content (AvgIpc) is 3.12. The summed E-state index contributed by atoms with van der Waals surface area (Å²) in [5, 5.41) is 7.18. The van der Waals surface area contributed by atoms with E-state index in [0.717, 1.165) is 30.8 Å². The van der Waals surface area contributed by atoms with Crippen molar-refractivity contribution in [3.8, 4) is 5.75 Å². The molecule has 0 saturated heterocycles. The summed E-state index contributed by atoms with van der Waals surface area (Å²) in [6.45, 7) is 2.19. The van der Waals surface area contributed by atoms with Crippen LogP contribution >= 0.6 is 11.8 Å². The lowest BCUT2D eigenvalue weighted by Gasteiger charge is -2.38. The fourth-order valence-electron chi connectivity index (χ4n) is 3.63. The van der Waals surface area contributed by atoms with Crippen molar-refractivity contribution in [2.45, 2.75) is 38.5 Å². The van der Waals surface area contributed by atoms with Crippen LogP contribution < -0.4 is 4.74 Å². The number of aryl methyl sites for hydroxylation is 1. The molecule has 0 amide bonds. The van der Waals surface area contributed by atoms with Gasteiger partial charge >= 0.3 is 0 Å². The molecule has 0 aromatic heterocycles. The minimum absolute atomic E-state index is 0.0276. The van der Waals surface area contributed by atoms with Crippen molar-refractivity contribution in [2.24, 2.45) is 5.10 Å². The summed E-state index contributed by atoms with van der Waals surface area (Å²) in [6, 6.07) is 17.5. The van der Waals surface area contributed by atoms with Gasteiger partial charge in [-0.3, -0.25) is 5.01 Å². The second kappa shape index (κ2) is 7.12. The Morgan fingerprint density at radius 3 is 2.72 bits per heavy atom. The third kappa shape index (κ3) is 3.15. The van der Waals surface area contributed by atoms with Gasteiger partial charge in [0.1, 0.15) is 5.75 Å². The van der Waals surface area contributed by atoms with Gasteiger partial charge in [-0.15, -0.1) is 0 Å². The predicted octanol–water partition coefficient (Wildman–Crippen LogP) is 4.87. The Kier molecular flexibility index (Phi) is 4.71. The first-order chi connectivity index (χ1) is 12.3. The Labute approximate surface area is 154 Å². The Bertz CT molecular complexity index is 772. The molecule has 0 bridgehead atoms. The van der Waals surface area contributed by atoms with E-state index >= 15 is 0 Å². The van der Waals surface area contributed by atoms with E-state index in [1.54, 1.807) is 0 Å². The molecule has 0 spiro atoms. The number of hydrogen-bond acceptors (Lipinski definition) is 4. The molecule has 25 heavy (non-hydrogen) atoms. The predicted molar refractivity (Wildman–Crippen MR) is 105 cm³/mol. The van der Waals surface area contributed by atoms with E-state index in [2.05, 4.69) is 66.7 Å². The first-order valence-corrected chi connectivity index (χ1v) is 10.4. The maximum absolute atomic E-state index is 6.27. The van der Waals surface area contributed by atoms with Crippen molar-refractivity contribution < 1.29 is 4.74 Å². The first-order valence-electron chi connectivity index (χ1n) is 8.99. The van der Waals surface area contributed by atoms with Gasteiger partial charge < -0.3 is 4.74 Å². The Hall–Kier alpha value is -1.94. The molecular formula is C21H24N2OS. The van der Waals surface area contributed by atoms with Gasteiger partial charge in [-0.05, 0) is 35.6 Å². The molecule has 4 rings (SSSR count). The number of nitrogens with zero attached hydrogens (tertiary/aromatic N) is 2. The smallest absolute Gasteiger partial charge is 0.188 e. The van der Waals surface area contributed by atoms with Gasteiger partial charge in [0.05, 0.1) is 11.8 Å². The molecule has 4 heteroatoms. The maximum Gasteiger partial charge on any atom is 0.188 e. The van der Waals surface area contributed by atoms with Crippen LogP contribution in [0.3, 0.4) is 0 Å². The van der Waals surface area contributed by atoms with Gasteiger partial charge in [-0.1, -0.05) is 49.4 Å². The number of fused-ring (bicyclic) bond motifs is 3. The quantitative estimate of drug-likeness (QED) is 0.767. The molecule has 0 radical (unpaired) electrons. The van der Waals surface area contributed by atoms with Crippen molar-refractivity contribution >= 4 is 17.5 Å². The highest BCUT2D eigenvalue weighted by Crippen LogP contribution is 2.43. The van der Waals surface area contributed by atoms with E-state index in [9.17, 15) is 0 Å². The van der Waals surface area contributed by atoms with Crippen molar-refractivity contribution in [2.75, 3.05) is 12.0 Å². The van der Waals surface area contributed by atoms with Gasteiger partial charge in [0.15, 0.2) is 6.23 Å². The number of benzene rings is 2. The lowest BCUT2D eigenvalue weighted by Crippen LogP contribution is -2.40. The zero-order valence-electron chi connectivity index (χ0n) is 14.8. The third-order valence-electron chi connectivity index (χ3n) is 5.04. The average molecular weight is 353 g/mol. The van der Waals surface area contributed by atoms with E-state index in [0.29, 0.717) is 0 Å². The summed E-state index contributed by atoms with van der Waals surface area (Å²) < 4.78 is 6.27. The molecule has 2 aliphatic rings. The van der Waals surface area contributed by atoms with Crippen molar-refractivity contribution in [3.63, 3.8) is 0 Å². The van der Waals surface area contributed by atoms with Crippen LogP contribution in [0.2, 0.25) is 0 Å². The van der Waals surface area contributed by atoms with E-state index in [-0.39, 0.29) is 12.3 Å². The zero-order chi connectivity index (χ0) is 17.2. The number of hydrazone groups is 1. The highest BCUT2D eigenvalue weighted by Gasteiger charge is 2.39. The summed E-state index contributed by atoms with van der Waals surface area (Å²) >= 11 is 1.86. The fourth-order valence-corrected chi connectivity index (χ4v) is 4.06. The van der Waals surface area contributed by atoms with Gasteiger partial charge in [0.25, 0.3) is 0 Å². The molecule has 2 heterocycles. The lowest BCUT2D eigenvalue weighted by molar-refractivity contribution is -0.0180. The third-order valence-corrected chi connectivity index (χ3v) is 5.69. The molecule has 0 fully saturated rings. The molecule has 2 atom stereocenters. The highest BCUT2D eigenvalue weighted by atomic mass is 32.2. The summed E-state index contributed by atoms with van der Waals surface area (Å²) in [4.78, 5) is 0. The van der Waals surface area contributed by atoms with Crippen molar-refractivity contribution in [1.82, 2.24) is 5.01 Å². The molecule has 2 aromatic rings. The maximum atomic E-state index is 6.27. The van der Waals surface area contributed by atoms with Gasteiger partial charge in [0.2, 0.25) is 0 Å². The number of ether oxygens (including phenoxy) is 1. The summed E-state index contributed by atoms with van der Waals surface area (Å²) in [7, 11) is 0. The molecule has 2 aliphatic heterocycles. The summed E-state index contributed by atoms with van der Waals surface area (Å²) in [5.74, 6) is 2.10. The van der Waals surface area contributed by atoms with Crippen LogP contribution in [0.25, 0.3) is 0 Å². The molecule has 130 valence electrons. The highest BCUT2D eigenvalue weighted by molar-refractivity contribution is 7.98.